The van der Waals surface area contributed by atoms with E-state index in [1.807, 2.05) is 0 Å². The van der Waals surface area contributed by atoms with Crippen LogP contribution in [0, 0.1) is 25.5 Å². The maximum Gasteiger partial charge on any atom is 0.164 e. The van der Waals surface area contributed by atoms with Crippen LogP contribution in [0.2, 0.25) is 5.15 Å². The second-order valence-electron chi connectivity index (χ2n) is 4.91. The summed E-state index contributed by atoms with van der Waals surface area (Å²) < 4.78 is 27.9. The van der Waals surface area contributed by atoms with E-state index in [4.69, 9.17) is 11.6 Å². The minimum atomic E-state index is -0.489. The lowest BCUT2D eigenvalue weighted by Gasteiger charge is -2.08. The summed E-state index contributed by atoms with van der Waals surface area (Å²) in [5.74, 6) is -0.769. The molecule has 0 radical (unpaired) electrons. The van der Waals surface area contributed by atoms with Crippen LogP contribution in [-0.2, 0) is 0 Å². The van der Waals surface area contributed by atoms with Gasteiger partial charge < -0.3 is 0 Å². The molecule has 1 heterocycles. The number of rotatable bonds is 1. The van der Waals surface area contributed by atoms with Crippen LogP contribution in [0.3, 0.4) is 0 Å². The third-order valence-electron chi connectivity index (χ3n) is 3.32. The van der Waals surface area contributed by atoms with E-state index in [1.54, 1.807) is 32.0 Å². The highest BCUT2D eigenvalue weighted by Gasteiger charge is 2.15. The van der Waals surface area contributed by atoms with E-state index in [-0.39, 0.29) is 21.9 Å². The molecule has 0 saturated carbocycles. The van der Waals surface area contributed by atoms with Gasteiger partial charge in [0.05, 0.1) is 16.5 Å². The Bertz CT molecular complexity index is 863. The highest BCUT2D eigenvalue weighted by molar-refractivity contribution is 6.34. The predicted octanol–water partition coefficient (Wildman–Crippen LogP) is 4.85. The molecule has 0 aliphatic rings. The van der Waals surface area contributed by atoms with Crippen molar-refractivity contribution in [2.45, 2.75) is 13.8 Å². The van der Waals surface area contributed by atoms with Crippen LogP contribution < -0.4 is 0 Å². The van der Waals surface area contributed by atoms with E-state index >= 15 is 0 Å². The van der Waals surface area contributed by atoms with E-state index in [1.165, 1.54) is 12.1 Å². The summed E-state index contributed by atoms with van der Waals surface area (Å²) in [6.07, 6.45) is 0. The molecule has 0 atom stereocenters. The van der Waals surface area contributed by atoms with Crippen LogP contribution in [0.25, 0.3) is 22.3 Å². The quantitative estimate of drug-likeness (QED) is 0.601. The fourth-order valence-corrected chi connectivity index (χ4v) is 2.47. The Morgan fingerprint density at radius 2 is 1.71 bits per heavy atom. The van der Waals surface area contributed by atoms with Gasteiger partial charge in [-0.05, 0) is 43.2 Å². The summed E-state index contributed by atoms with van der Waals surface area (Å²) >= 11 is 6.06. The molecule has 106 valence electrons. The van der Waals surface area contributed by atoms with Gasteiger partial charge in [-0.2, -0.15) is 0 Å². The molecule has 0 aliphatic carbocycles. The molecule has 0 unspecified atom stereocenters. The topological polar surface area (TPSA) is 25.8 Å². The smallest absolute Gasteiger partial charge is 0.164 e. The van der Waals surface area contributed by atoms with Gasteiger partial charge in [-0.3, -0.25) is 0 Å². The van der Waals surface area contributed by atoms with Gasteiger partial charge in [-0.1, -0.05) is 23.7 Å². The third kappa shape index (κ3) is 2.36. The summed E-state index contributed by atoms with van der Waals surface area (Å²) in [7, 11) is 0. The molecule has 0 N–H and O–H groups in total. The van der Waals surface area contributed by atoms with E-state index in [0.29, 0.717) is 5.52 Å². The molecular formula is C16H11ClF2N2. The Kier molecular flexibility index (Phi) is 3.33. The minimum absolute atomic E-state index is 0.0174. The van der Waals surface area contributed by atoms with Gasteiger partial charge >= 0.3 is 0 Å². The van der Waals surface area contributed by atoms with Gasteiger partial charge in [0.1, 0.15) is 16.8 Å². The number of benzene rings is 2. The lowest BCUT2D eigenvalue weighted by atomic mass is 10.1. The molecule has 0 bridgehead atoms. The predicted molar refractivity (Wildman–Crippen MR) is 79.4 cm³/mol. The van der Waals surface area contributed by atoms with Crippen LogP contribution >= 0.6 is 11.6 Å². The number of aromatic nitrogens is 2. The summed E-state index contributed by atoms with van der Waals surface area (Å²) in [6, 6.07) is 7.68. The van der Waals surface area contributed by atoms with Crippen LogP contribution in [0.15, 0.2) is 30.3 Å². The molecule has 1 aromatic heterocycles. The fourth-order valence-electron chi connectivity index (χ4n) is 2.21. The monoisotopic (exact) mass is 304 g/mol. The van der Waals surface area contributed by atoms with Crippen molar-refractivity contribution in [3.05, 3.63) is 58.2 Å². The van der Waals surface area contributed by atoms with Crippen molar-refractivity contribution in [1.29, 1.82) is 0 Å². The first-order valence-corrected chi connectivity index (χ1v) is 6.74. The van der Waals surface area contributed by atoms with E-state index in [2.05, 4.69) is 9.97 Å². The first-order valence-electron chi connectivity index (χ1n) is 6.36. The van der Waals surface area contributed by atoms with Crippen molar-refractivity contribution in [3.63, 3.8) is 0 Å². The van der Waals surface area contributed by atoms with Crippen molar-refractivity contribution in [2.24, 2.45) is 0 Å². The zero-order valence-corrected chi connectivity index (χ0v) is 12.2. The zero-order chi connectivity index (χ0) is 15.1. The highest BCUT2D eigenvalue weighted by Crippen LogP contribution is 2.29. The normalized spacial score (nSPS) is 11.1. The first-order chi connectivity index (χ1) is 9.97. The molecule has 3 rings (SSSR count). The molecule has 2 nitrogen and oxygen atoms in total. The molecule has 0 aliphatic heterocycles. The Labute approximate surface area is 125 Å². The second-order valence-corrected chi connectivity index (χ2v) is 5.27. The standard InChI is InChI=1S/C16H11ClF2N2/c1-8-3-5-10(12(19)7-8)16-20-14-9(2)4-6-11(18)13(14)15(17)21-16/h3-7H,1-2H3. The van der Waals surface area contributed by atoms with Gasteiger partial charge in [0, 0.05) is 0 Å². The maximum atomic E-state index is 14.1. The van der Waals surface area contributed by atoms with Crippen molar-refractivity contribution in [1.82, 2.24) is 9.97 Å². The lowest BCUT2D eigenvalue weighted by molar-refractivity contribution is 0.628. The van der Waals surface area contributed by atoms with Crippen LogP contribution in [0.4, 0.5) is 8.78 Å². The summed E-state index contributed by atoms with van der Waals surface area (Å²) in [6.45, 7) is 3.58. The number of hydrogen-bond acceptors (Lipinski definition) is 2. The summed E-state index contributed by atoms with van der Waals surface area (Å²) in [5, 5.41) is 0.143. The van der Waals surface area contributed by atoms with Crippen LogP contribution in [0.5, 0.6) is 0 Å². The molecule has 0 fully saturated rings. The fraction of sp³-hybridized carbons (Fsp3) is 0.125. The first kappa shape index (κ1) is 13.9. The van der Waals surface area contributed by atoms with Gasteiger partial charge in [-0.15, -0.1) is 0 Å². The third-order valence-corrected chi connectivity index (χ3v) is 3.60. The van der Waals surface area contributed by atoms with E-state index in [0.717, 1.165) is 11.1 Å². The molecule has 21 heavy (non-hydrogen) atoms. The maximum absolute atomic E-state index is 14.1. The molecule has 0 amide bonds. The Morgan fingerprint density at radius 1 is 0.952 bits per heavy atom. The minimum Gasteiger partial charge on any atom is -0.227 e. The van der Waals surface area contributed by atoms with Crippen molar-refractivity contribution in [2.75, 3.05) is 0 Å². The van der Waals surface area contributed by atoms with Crippen LogP contribution in [0.1, 0.15) is 11.1 Å². The SMILES string of the molecule is Cc1ccc(-c2nc(Cl)c3c(F)ccc(C)c3n2)c(F)c1. The van der Waals surface area contributed by atoms with Gasteiger partial charge in [-0.25, -0.2) is 18.7 Å². The molecule has 2 aromatic carbocycles. The average molecular weight is 305 g/mol. The average Bonchev–Trinajstić information content (AvgIpc) is 2.42. The van der Waals surface area contributed by atoms with E-state index < -0.39 is 11.6 Å². The van der Waals surface area contributed by atoms with Crippen molar-refractivity contribution >= 4 is 22.5 Å². The summed E-state index contributed by atoms with van der Waals surface area (Å²) in [5.41, 5.74) is 2.19. The number of aryl methyl sites for hydroxylation is 2. The Balaban J connectivity index is 2.33. The van der Waals surface area contributed by atoms with Gasteiger partial charge in [0.25, 0.3) is 0 Å². The van der Waals surface area contributed by atoms with Gasteiger partial charge in [0.15, 0.2) is 5.82 Å². The molecular weight excluding hydrogens is 294 g/mol. The molecule has 0 spiro atoms. The van der Waals surface area contributed by atoms with Crippen molar-refractivity contribution < 1.29 is 8.78 Å². The highest BCUT2D eigenvalue weighted by atomic mass is 35.5. The largest absolute Gasteiger partial charge is 0.227 e. The molecule has 3 aromatic rings. The van der Waals surface area contributed by atoms with E-state index in [9.17, 15) is 8.78 Å². The summed E-state index contributed by atoms with van der Waals surface area (Å²) in [4.78, 5) is 8.32. The number of fused-ring (bicyclic) bond motifs is 1. The second kappa shape index (κ2) is 5.04. The molecule has 0 saturated heterocycles. The number of halogens is 3. The number of nitrogens with zero attached hydrogens (tertiary/aromatic N) is 2. The lowest BCUT2D eigenvalue weighted by Crippen LogP contribution is -1.97. The number of hydrogen-bond donors (Lipinski definition) is 0. The van der Waals surface area contributed by atoms with Crippen LogP contribution in [-0.4, -0.2) is 9.97 Å². The van der Waals surface area contributed by atoms with Gasteiger partial charge in [0.2, 0.25) is 0 Å². The Morgan fingerprint density at radius 3 is 2.43 bits per heavy atom. The van der Waals surface area contributed by atoms with Crippen molar-refractivity contribution in [3.8, 4) is 11.4 Å². The molecule has 5 heteroatoms. The zero-order valence-electron chi connectivity index (χ0n) is 11.4. The Hall–Kier alpha value is -2.07.